The first-order valence-corrected chi connectivity index (χ1v) is 4.02. The molecular weight excluding hydrogens is 169 g/mol. The molecule has 1 rings (SSSR count). The SMILES string of the molecule is CCOc1c(C)cc(F)cc1C#N. The van der Waals surface area contributed by atoms with Crippen molar-refractivity contribution >= 4 is 0 Å². The average molecular weight is 179 g/mol. The molecule has 0 spiro atoms. The van der Waals surface area contributed by atoms with Gasteiger partial charge in [0.05, 0.1) is 12.2 Å². The fourth-order valence-corrected chi connectivity index (χ4v) is 1.15. The number of hydrogen-bond acceptors (Lipinski definition) is 2. The molecule has 13 heavy (non-hydrogen) atoms. The van der Waals surface area contributed by atoms with Gasteiger partial charge in [-0.1, -0.05) is 0 Å². The van der Waals surface area contributed by atoms with Crippen LogP contribution in [0.3, 0.4) is 0 Å². The highest BCUT2D eigenvalue weighted by atomic mass is 19.1. The summed E-state index contributed by atoms with van der Waals surface area (Å²) in [5.74, 6) is 0.0731. The van der Waals surface area contributed by atoms with Crippen LogP contribution in [0.1, 0.15) is 18.1 Å². The normalized spacial score (nSPS) is 9.38. The lowest BCUT2D eigenvalue weighted by molar-refractivity contribution is 0.336. The second-order valence-electron chi connectivity index (χ2n) is 2.64. The smallest absolute Gasteiger partial charge is 0.140 e. The molecule has 0 aromatic heterocycles. The molecule has 0 radical (unpaired) electrons. The first kappa shape index (κ1) is 9.53. The van der Waals surface area contributed by atoms with Crippen LogP contribution in [0.2, 0.25) is 0 Å². The van der Waals surface area contributed by atoms with E-state index in [2.05, 4.69) is 0 Å². The zero-order chi connectivity index (χ0) is 9.84. The molecule has 3 heteroatoms. The third-order valence-corrected chi connectivity index (χ3v) is 1.65. The summed E-state index contributed by atoms with van der Waals surface area (Å²) in [7, 11) is 0. The van der Waals surface area contributed by atoms with Crippen molar-refractivity contribution in [3.05, 3.63) is 29.1 Å². The van der Waals surface area contributed by atoms with Crippen LogP contribution in [0.25, 0.3) is 0 Å². The van der Waals surface area contributed by atoms with Crippen molar-refractivity contribution < 1.29 is 9.13 Å². The second kappa shape index (κ2) is 3.90. The van der Waals surface area contributed by atoms with Gasteiger partial charge in [0.15, 0.2) is 0 Å². The van der Waals surface area contributed by atoms with E-state index < -0.39 is 5.82 Å². The summed E-state index contributed by atoms with van der Waals surface area (Å²) in [6.07, 6.45) is 0. The van der Waals surface area contributed by atoms with Crippen molar-refractivity contribution in [1.29, 1.82) is 5.26 Å². The van der Waals surface area contributed by atoms with Crippen LogP contribution in [0.15, 0.2) is 12.1 Å². The molecule has 0 atom stereocenters. The lowest BCUT2D eigenvalue weighted by Crippen LogP contribution is -1.97. The third-order valence-electron chi connectivity index (χ3n) is 1.65. The summed E-state index contributed by atoms with van der Waals surface area (Å²) >= 11 is 0. The van der Waals surface area contributed by atoms with Gasteiger partial charge >= 0.3 is 0 Å². The van der Waals surface area contributed by atoms with Crippen LogP contribution in [0.5, 0.6) is 5.75 Å². The predicted molar refractivity (Wildman–Crippen MR) is 47.0 cm³/mol. The zero-order valence-electron chi connectivity index (χ0n) is 7.60. The van der Waals surface area contributed by atoms with Gasteiger partial charge < -0.3 is 4.74 Å². The van der Waals surface area contributed by atoms with E-state index in [1.165, 1.54) is 12.1 Å². The number of benzene rings is 1. The number of hydrogen-bond donors (Lipinski definition) is 0. The number of halogens is 1. The number of aryl methyl sites for hydroxylation is 1. The van der Waals surface area contributed by atoms with Gasteiger partial charge in [-0.3, -0.25) is 0 Å². The Morgan fingerprint density at radius 1 is 1.54 bits per heavy atom. The maximum Gasteiger partial charge on any atom is 0.140 e. The molecule has 2 nitrogen and oxygen atoms in total. The number of rotatable bonds is 2. The summed E-state index contributed by atoms with van der Waals surface area (Å²) in [6.45, 7) is 4.01. The largest absolute Gasteiger partial charge is 0.492 e. The van der Waals surface area contributed by atoms with E-state index in [-0.39, 0.29) is 5.56 Å². The van der Waals surface area contributed by atoms with E-state index in [4.69, 9.17) is 10.00 Å². The van der Waals surface area contributed by atoms with Gasteiger partial charge in [-0.05, 0) is 31.5 Å². The van der Waals surface area contributed by atoms with E-state index in [0.29, 0.717) is 17.9 Å². The van der Waals surface area contributed by atoms with Gasteiger partial charge in [-0.25, -0.2) is 4.39 Å². The topological polar surface area (TPSA) is 33.0 Å². The van der Waals surface area contributed by atoms with Crippen molar-refractivity contribution in [2.24, 2.45) is 0 Å². The first-order chi connectivity index (χ1) is 6.19. The summed E-state index contributed by atoms with van der Waals surface area (Å²) in [6, 6.07) is 4.43. The molecule has 0 heterocycles. The Morgan fingerprint density at radius 3 is 2.77 bits per heavy atom. The Hall–Kier alpha value is -1.56. The molecule has 0 amide bonds. The van der Waals surface area contributed by atoms with Gasteiger partial charge in [-0.15, -0.1) is 0 Å². The quantitative estimate of drug-likeness (QED) is 0.698. The molecule has 1 aromatic carbocycles. The predicted octanol–water partition coefficient (Wildman–Crippen LogP) is 2.40. The maximum atomic E-state index is 12.8. The first-order valence-electron chi connectivity index (χ1n) is 4.02. The third kappa shape index (κ3) is 1.97. The van der Waals surface area contributed by atoms with Crippen LogP contribution in [-0.4, -0.2) is 6.61 Å². The standard InChI is InChI=1S/C10H10FNO/c1-3-13-10-7(2)4-9(11)5-8(10)6-12/h4-5H,3H2,1-2H3. The Bertz CT molecular complexity index is 355. The Balaban J connectivity index is 3.23. The number of nitrogens with zero attached hydrogens (tertiary/aromatic N) is 1. The fourth-order valence-electron chi connectivity index (χ4n) is 1.15. The monoisotopic (exact) mass is 179 g/mol. The molecule has 0 bridgehead atoms. The highest BCUT2D eigenvalue weighted by Gasteiger charge is 2.08. The van der Waals surface area contributed by atoms with E-state index in [1.54, 1.807) is 6.92 Å². The minimum absolute atomic E-state index is 0.249. The molecule has 0 aliphatic carbocycles. The highest BCUT2D eigenvalue weighted by Crippen LogP contribution is 2.24. The van der Waals surface area contributed by atoms with Crippen molar-refractivity contribution in [3.63, 3.8) is 0 Å². The molecule has 0 N–H and O–H groups in total. The summed E-state index contributed by atoms with van der Waals surface area (Å²) < 4.78 is 18.1. The lowest BCUT2D eigenvalue weighted by Gasteiger charge is -2.08. The van der Waals surface area contributed by atoms with Crippen molar-refractivity contribution in [2.75, 3.05) is 6.61 Å². The van der Waals surface area contributed by atoms with Crippen LogP contribution >= 0.6 is 0 Å². The van der Waals surface area contributed by atoms with E-state index >= 15 is 0 Å². The van der Waals surface area contributed by atoms with Gasteiger partial charge in [-0.2, -0.15) is 5.26 Å². The minimum Gasteiger partial charge on any atom is -0.492 e. The summed E-state index contributed by atoms with van der Waals surface area (Å²) in [4.78, 5) is 0. The van der Waals surface area contributed by atoms with Crippen molar-refractivity contribution in [3.8, 4) is 11.8 Å². The second-order valence-corrected chi connectivity index (χ2v) is 2.64. The zero-order valence-corrected chi connectivity index (χ0v) is 7.60. The van der Waals surface area contributed by atoms with Crippen LogP contribution in [0, 0.1) is 24.1 Å². The Labute approximate surface area is 76.6 Å². The van der Waals surface area contributed by atoms with Gasteiger partial charge in [0.1, 0.15) is 17.6 Å². The molecule has 0 aliphatic rings. The minimum atomic E-state index is -0.405. The molecule has 0 saturated carbocycles. The molecule has 0 aliphatic heterocycles. The molecular formula is C10H10FNO. The van der Waals surface area contributed by atoms with E-state index in [9.17, 15) is 4.39 Å². The maximum absolute atomic E-state index is 12.8. The molecule has 1 aromatic rings. The fraction of sp³-hybridized carbons (Fsp3) is 0.300. The van der Waals surface area contributed by atoms with E-state index in [1.807, 2.05) is 13.0 Å². The van der Waals surface area contributed by atoms with Crippen LogP contribution in [0.4, 0.5) is 4.39 Å². The molecule has 0 unspecified atom stereocenters. The summed E-state index contributed by atoms with van der Waals surface area (Å²) in [5, 5.41) is 8.70. The molecule has 0 saturated heterocycles. The Morgan fingerprint density at radius 2 is 2.23 bits per heavy atom. The molecule has 0 fully saturated rings. The van der Waals surface area contributed by atoms with Gasteiger partial charge in [0.2, 0.25) is 0 Å². The number of ether oxygens (including phenoxy) is 1. The van der Waals surface area contributed by atoms with E-state index in [0.717, 1.165) is 0 Å². The molecule has 68 valence electrons. The average Bonchev–Trinajstić information content (AvgIpc) is 2.09. The Kier molecular flexibility index (Phi) is 2.86. The lowest BCUT2D eigenvalue weighted by atomic mass is 10.1. The van der Waals surface area contributed by atoms with Crippen molar-refractivity contribution in [1.82, 2.24) is 0 Å². The van der Waals surface area contributed by atoms with Crippen LogP contribution < -0.4 is 4.74 Å². The van der Waals surface area contributed by atoms with Crippen LogP contribution in [-0.2, 0) is 0 Å². The van der Waals surface area contributed by atoms with Gasteiger partial charge in [0, 0.05) is 0 Å². The number of nitriles is 1. The van der Waals surface area contributed by atoms with Gasteiger partial charge in [0.25, 0.3) is 0 Å². The summed E-state index contributed by atoms with van der Waals surface area (Å²) in [5.41, 5.74) is 0.901. The highest BCUT2D eigenvalue weighted by molar-refractivity contribution is 5.48. The van der Waals surface area contributed by atoms with Crippen molar-refractivity contribution in [2.45, 2.75) is 13.8 Å².